The summed E-state index contributed by atoms with van der Waals surface area (Å²) in [6, 6.07) is 14.9. The quantitative estimate of drug-likeness (QED) is 0.355. The summed E-state index contributed by atoms with van der Waals surface area (Å²) in [4.78, 5) is 37.4. The van der Waals surface area contributed by atoms with Gasteiger partial charge >= 0.3 is 0 Å². The summed E-state index contributed by atoms with van der Waals surface area (Å²) < 4.78 is 11.8. The van der Waals surface area contributed by atoms with Gasteiger partial charge in [-0.1, -0.05) is 30.3 Å². The Morgan fingerprint density at radius 2 is 1.72 bits per heavy atom. The van der Waals surface area contributed by atoms with Crippen LogP contribution in [-0.2, 0) is 0 Å². The monoisotopic (exact) mass is 385 g/mol. The predicted molar refractivity (Wildman–Crippen MR) is 103 cm³/mol. The van der Waals surface area contributed by atoms with Gasteiger partial charge in [-0.05, 0) is 18.2 Å². The van der Waals surface area contributed by atoms with Crippen molar-refractivity contribution in [3.05, 3.63) is 81.4 Å². The van der Waals surface area contributed by atoms with Crippen LogP contribution in [-0.4, -0.2) is 22.6 Å². The lowest BCUT2D eigenvalue weighted by atomic mass is 9.76. The van der Waals surface area contributed by atoms with Crippen molar-refractivity contribution in [2.75, 3.05) is 0 Å². The van der Waals surface area contributed by atoms with E-state index in [4.69, 9.17) is 9.15 Å². The summed E-state index contributed by atoms with van der Waals surface area (Å²) >= 11 is 0. The number of nitro benzene ring substituents is 1. The number of nitro groups is 1. The smallest absolute Gasteiger partial charge is 0.280 e. The fraction of sp³-hybridized carbons (Fsp3) is 0.0909. The first-order valence-corrected chi connectivity index (χ1v) is 9.03. The molecule has 4 aromatic rings. The van der Waals surface area contributed by atoms with Crippen molar-refractivity contribution >= 4 is 39.2 Å². The van der Waals surface area contributed by atoms with Crippen LogP contribution in [0.2, 0.25) is 0 Å². The Balaban J connectivity index is 1.68. The van der Waals surface area contributed by atoms with Crippen LogP contribution >= 0.6 is 0 Å². The van der Waals surface area contributed by atoms with Gasteiger partial charge in [0.2, 0.25) is 5.78 Å². The van der Waals surface area contributed by atoms with Crippen molar-refractivity contribution in [3.8, 4) is 5.75 Å². The lowest BCUT2D eigenvalue weighted by molar-refractivity contribution is -0.385. The first-order chi connectivity index (χ1) is 14.1. The molecule has 0 saturated carbocycles. The maximum atomic E-state index is 13.5. The lowest BCUT2D eigenvalue weighted by Crippen LogP contribution is -2.39. The van der Waals surface area contributed by atoms with Crippen LogP contribution in [0.4, 0.5) is 5.69 Å². The first-order valence-electron chi connectivity index (χ1n) is 9.03. The Hall–Kier alpha value is -4.00. The third-order valence-electron chi connectivity index (χ3n) is 5.70. The average Bonchev–Trinajstić information content (AvgIpc) is 3.29. The molecule has 2 atom stereocenters. The van der Waals surface area contributed by atoms with Gasteiger partial charge in [0.05, 0.1) is 10.8 Å². The van der Waals surface area contributed by atoms with Crippen molar-refractivity contribution in [1.29, 1.82) is 0 Å². The molecule has 6 rings (SSSR count). The molecule has 3 aromatic carbocycles. The Labute approximate surface area is 162 Å². The molecule has 0 spiro atoms. The Morgan fingerprint density at radius 1 is 0.897 bits per heavy atom. The molecule has 0 radical (unpaired) electrons. The van der Waals surface area contributed by atoms with Gasteiger partial charge in [0.25, 0.3) is 5.69 Å². The Morgan fingerprint density at radius 3 is 2.55 bits per heavy atom. The van der Waals surface area contributed by atoms with Crippen LogP contribution in [0.3, 0.4) is 0 Å². The highest BCUT2D eigenvalue weighted by atomic mass is 16.6. The summed E-state index contributed by atoms with van der Waals surface area (Å²) in [6.45, 7) is 0. The molecule has 29 heavy (non-hydrogen) atoms. The lowest BCUT2D eigenvalue weighted by Gasteiger charge is -2.24. The topological polar surface area (TPSA) is 99.7 Å². The zero-order valence-corrected chi connectivity index (χ0v) is 14.7. The fourth-order valence-electron chi connectivity index (χ4n) is 4.53. The van der Waals surface area contributed by atoms with Crippen LogP contribution in [0.25, 0.3) is 21.9 Å². The number of rotatable bonds is 1. The normalized spacial score (nSPS) is 19.7. The number of ketones is 2. The zero-order valence-electron chi connectivity index (χ0n) is 14.7. The molecule has 140 valence electrons. The number of hydrogen-bond acceptors (Lipinski definition) is 6. The highest BCUT2D eigenvalue weighted by Gasteiger charge is 2.52. The number of benzene rings is 3. The van der Waals surface area contributed by atoms with E-state index in [1.165, 1.54) is 18.2 Å². The Kier molecular flexibility index (Phi) is 2.92. The van der Waals surface area contributed by atoms with Crippen molar-refractivity contribution in [3.63, 3.8) is 0 Å². The van der Waals surface area contributed by atoms with Gasteiger partial charge in [-0.15, -0.1) is 0 Å². The summed E-state index contributed by atoms with van der Waals surface area (Å²) in [5, 5.41) is 13.0. The van der Waals surface area contributed by atoms with Gasteiger partial charge in [-0.2, -0.15) is 0 Å². The third kappa shape index (κ3) is 1.91. The minimum atomic E-state index is -1.04. The minimum Gasteiger partial charge on any atom is -0.481 e. The van der Waals surface area contributed by atoms with Crippen molar-refractivity contribution in [2.45, 2.75) is 12.0 Å². The van der Waals surface area contributed by atoms with Gasteiger partial charge in [-0.25, -0.2) is 0 Å². The zero-order chi connectivity index (χ0) is 19.9. The number of ether oxygens (including phenoxy) is 1. The number of furan rings is 1. The molecule has 0 saturated heterocycles. The van der Waals surface area contributed by atoms with E-state index in [1.807, 2.05) is 24.3 Å². The molecular weight excluding hydrogens is 374 g/mol. The number of fused-ring (bicyclic) bond motifs is 8. The van der Waals surface area contributed by atoms with E-state index in [9.17, 15) is 19.7 Å². The minimum absolute atomic E-state index is 0.0338. The number of para-hydroxylation sites is 1. The van der Waals surface area contributed by atoms with Crippen LogP contribution in [0.5, 0.6) is 5.75 Å². The average molecular weight is 385 g/mol. The van der Waals surface area contributed by atoms with E-state index in [2.05, 4.69) is 0 Å². The van der Waals surface area contributed by atoms with E-state index in [0.717, 1.165) is 5.39 Å². The van der Waals surface area contributed by atoms with E-state index in [1.54, 1.807) is 12.1 Å². The molecule has 0 bridgehead atoms. The number of carbonyl (C=O) groups excluding carboxylic acids is 2. The summed E-state index contributed by atoms with van der Waals surface area (Å²) in [5.74, 6) is -1.43. The van der Waals surface area contributed by atoms with Gasteiger partial charge < -0.3 is 9.15 Å². The van der Waals surface area contributed by atoms with E-state index in [0.29, 0.717) is 27.9 Å². The molecule has 7 nitrogen and oxygen atoms in total. The molecule has 1 aliphatic heterocycles. The van der Waals surface area contributed by atoms with Crippen LogP contribution in [0, 0.1) is 10.1 Å². The van der Waals surface area contributed by atoms with Crippen molar-refractivity contribution < 1.29 is 23.7 Å². The first kappa shape index (κ1) is 16.0. The maximum absolute atomic E-state index is 13.5. The van der Waals surface area contributed by atoms with Gasteiger partial charge in [0, 0.05) is 28.0 Å². The molecule has 0 amide bonds. The second kappa shape index (κ2) is 5.29. The van der Waals surface area contributed by atoms with Crippen molar-refractivity contribution in [1.82, 2.24) is 0 Å². The second-order valence-electron chi connectivity index (χ2n) is 7.15. The standard InChI is InChI=1S/C22H11NO6/c24-20-11-5-3-6-12(23(26)27)16(11)21(25)19-18-15(29-22(19)20)9-8-14-17(18)10-4-1-2-7-13(10)28-14/h1-9,19,22H/t19-,22+/m1/s1. The molecule has 7 heteroatoms. The number of carbonyl (C=O) groups is 2. The van der Waals surface area contributed by atoms with Gasteiger partial charge in [0.15, 0.2) is 11.9 Å². The van der Waals surface area contributed by atoms with Gasteiger partial charge in [0.1, 0.15) is 22.5 Å². The summed E-state index contributed by atoms with van der Waals surface area (Å²) in [5.41, 5.74) is 1.30. The van der Waals surface area contributed by atoms with Crippen molar-refractivity contribution in [2.24, 2.45) is 0 Å². The van der Waals surface area contributed by atoms with Gasteiger partial charge in [-0.3, -0.25) is 19.7 Å². The molecular formula is C22H11NO6. The largest absolute Gasteiger partial charge is 0.481 e. The summed E-state index contributed by atoms with van der Waals surface area (Å²) in [7, 11) is 0. The number of Topliss-reactive ketones (excluding diaryl/α,β-unsaturated/α-hetero) is 2. The molecule has 0 unspecified atom stereocenters. The molecule has 1 aromatic heterocycles. The van der Waals surface area contributed by atoms with Crippen LogP contribution in [0.1, 0.15) is 32.2 Å². The van der Waals surface area contributed by atoms with E-state index < -0.39 is 28.5 Å². The van der Waals surface area contributed by atoms with E-state index >= 15 is 0 Å². The molecule has 2 heterocycles. The van der Waals surface area contributed by atoms with Crippen LogP contribution in [0.15, 0.2) is 59.0 Å². The highest BCUT2D eigenvalue weighted by Crippen LogP contribution is 2.50. The van der Waals surface area contributed by atoms with E-state index in [-0.39, 0.29) is 16.8 Å². The molecule has 1 aliphatic carbocycles. The predicted octanol–water partition coefficient (Wildman–Crippen LogP) is 4.42. The number of hydrogen-bond donors (Lipinski definition) is 0. The van der Waals surface area contributed by atoms with Crippen LogP contribution < -0.4 is 4.74 Å². The molecule has 0 fully saturated rings. The molecule has 2 aliphatic rings. The molecule has 0 N–H and O–H groups in total. The fourth-order valence-corrected chi connectivity index (χ4v) is 4.53. The third-order valence-corrected chi connectivity index (χ3v) is 5.70. The SMILES string of the molecule is O=C1c2cccc([N+](=O)[O-])c2C(=O)[C@H]2c3c(ccc4oc5ccccc5c34)O[C@H]12. The second-order valence-corrected chi connectivity index (χ2v) is 7.15. The Bertz CT molecular complexity index is 1420. The summed E-state index contributed by atoms with van der Waals surface area (Å²) in [6.07, 6.45) is -1.04. The number of nitrogens with zero attached hydrogens (tertiary/aromatic N) is 1. The highest BCUT2D eigenvalue weighted by molar-refractivity contribution is 6.23. The maximum Gasteiger partial charge on any atom is 0.280 e.